The average molecular weight is 409 g/mol. The predicted octanol–water partition coefficient (Wildman–Crippen LogP) is 3.76. The molecule has 0 saturated carbocycles. The smallest absolute Gasteiger partial charge is 0.272 e. The van der Waals surface area contributed by atoms with E-state index in [1.807, 2.05) is 0 Å². The van der Waals surface area contributed by atoms with Crippen LogP contribution in [-0.2, 0) is 10.1 Å². The van der Waals surface area contributed by atoms with Gasteiger partial charge in [0.25, 0.3) is 10.1 Å². The second-order valence-electron chi connectivity index (χ2n) is 6.57. The van der Waals surface area contributed by atoms with Gasteiger partial charge in [0, 0.05) is 30.4 Å². The molecule has 1 unspecified atom stereocenters. The molecule has 0 bridgehead atoms. The van der Waals surface area contributed by atoms with E-state index in [-0.39, 0.29) is 6.42 Å². The number of fused-ring (bicyclic) bond motifs is 7. The number of hydrogen-bond acceptors (Lipinski definition) is 8. The Labute approximate surface area is 165 Å². The third-order valence-electron chi connectivity index (χ3n) is 4.89. The largest absolute Gasteiger partial charge is 0.450 e. The van der Waals surface area contributed by atoms with Gasteiger partial charge >= 0.3 is 0 Å². The highest BCUT2D eigenvalue weighted by molar-refractivity contribution is 7.86. The fourth-order valence-electron chi connectivity index (χ4n) is 3.66. The molecule has 10 heteroatoms. The van der Waals surface area contributed by atoms with Gasteiger partial charge in [-0.3, -0.25) is 19.5 Å². The van der Waals surface area contributed by atoms with Gasteiger partial charge in [-0.2, -0.15) is 8.42 Å². The molecule has 1 aliphatic rings. The number of benzene rings is 2. The predicted molar refractivity (Wildman–Crippen MR) is 107 cm³/mol. The number of nitrogens with zero attached hydrogens (tertiary/aromatic N) is 4. The van der Waals surface area contributed by atoms with Gasteiger partial charge in [0.05, 0.1) is 5.69 Å². The minimum Gasteiger partial charge on any atom is -0.450 e. The SMILES string of the molecule is CCC(c1cccc2c1Oc1c(c3nccnc3c3nccnc13)N2)S(=O)(=O)O. The Morgan fingerprint density at radius 1 is 0.966 bits per heavy atom. The van der Waals surface area contributed by atoms with Gasteiger partial charge < -0.3 is 10.1 Å². The van der Waals surface area contributed by atoms with Gasteiger partial charge in [0.1, 0.15) is 33.0 Å². The summed E-state index contributed by atoms with van der Waals surface area (Å²) < 4.78 is 39.7. The molecule has 0 radical (unpaired) electrons. The molecule has 1 atom stereocenters. The van der Waals surface area contributed by atoms with Gasteiger partial charge in [-0.05, 0) is 12.5 Å². The monoisotopic (exact) mass is 409 g/mol. The highest BCUT2D eigenvalue weighted by atomic mass is 32.2. The highest BCUT2D eigenvalue weighted by Crippen LogP contribution is 2.51. The van der Waals surface area contributed by atoms with Crippen LogP contribution >= 0.6 is 0 Å². The lowest BCUT2D eigenvalue weighted by molar-refractivity contribution is 0.453. The Hall–Kier alpha value is -3.37. The molecule has 0 saturated heterocycles. The lowest BCUT2D eigenvalue weighted by Crippen LogP contribution is -2.15. The van der Waals surface area contributed by atoms with Crippen molar-refractivity contribution in [3.63, 3.8) is 0 Å². The molecule has 3 heterocycles. The molecule has 146 valence electrons. The number of para-hydroxylation sites is 1. The summed E-state index contributed by atoms with van der Waals surface area (Å²) in [6, 6.07) is 5.10. The summed E-state index contributed by atoms with van der Waals surface area (Å²) in [5, 5.41) is 2.16. The lowest BCUT2D eigenvalue weighted by Gasteiger charge is -2.26. The average Bonchev–Trinajstić information content (AvgIpc) is 2.72. The van der Waals surface area contributed by atoms with Crippen LogP contribution in [0, 0.1) is 0 Å². The zero-order valence-corrected chi connectivity index (χ0v) is 16.0. The van der Waals surface area contributed by atoms with Crippen molar-refractivity contribution in [3.8, 4) is 11.5 Å². The fourth-order valence-corrected chi connectivity index (χ4v) is 4.59. The van der Waals surface area contributed by atoms with Crippen molar-refractivity contribution in [2.45, 2.75) is 18.6 Å². The summed E-state index contributed by atoms with van der Waals surface area (Å²) in [6.07, 6.45) is 6.45. The van der Waals surface area contributed by atoms with E-state index in [0.717, 1.165) is 0 Å². The van der Waals surface area contributed by atoms with E-state index in [4.69, 9.17) is 4.74 Å². The van der Waals surface area contributed by atoms with Crippen LogP contribution in [0.2, 0.25) is 0 Å². The quantitative estimate of drug-likeness (QED) is 0.338. The van der Waals surface area contributed by atoms with Crippen LogP contribution in [0.15, 0.2) is 43.0 Å². The Kier molecular flexibility index (Phi) is 3.86. The van der Waals surface area contributed by atoms with E-state index in [1.165, 1.54) is 0 Å². The summed E-state index contributed by atoms with van der Waals surface area (Å²) in [7, 11) is -4.31. The molecule has 29 heavy (non-hydrogen) atoms. The first kappa shape index (κ1) is 17.7. The van der Waals surface area contributed by atoms with Gasteiger partial charge in [-0.15, -0.1) is 0 Å². The van der Waals surface area contributed by atoms with Crippen molar-refractivity contribution in [2.24, 2.45) is 0 Å². The standard InChI is InChI=1S/C19H15N5O4S/c1-2-12(29(25,26)27)10-4-3-5-11-18(10)28-19-16-14(21-8-9-23-16)13-15(17(19)24-11)22-7-6-20-13/h3-9,12,24H,2H2,1H3,(H,25,26,27). The van der Waals surface area contributed by atoms with Gasteiger partial charge in [0.15, 0.2) is 11.5 Å². The third kappa shape index (κ3) is 2.68. The van der Waals surface area contributed by atoms with Crippen LogP contribution in [0.4, 0.5) is 11.4 Å². The number of aromatic nitrogens is 4. The molecule has 0 fully saturated rings. The van der Waals surface area contributed by atoms with E-state index < -0.39 is 15.4 Å². The first-order valence-corrected chi connectivity index (χ1v) is 10.4. The molecule has 2 N–H and O–H groups in total. The summed E-state index contributed by atoms with van der Waals surface area (Å²) in [6.45, 7) is 1.69. The normalized spacial score (nSPS) is 14.0. The molecule has 2 aromatic carbocycles. The van der Waals surface area contributed by atoms with E-state index in [2.05, 4.69) is 25.3 Å². The van der Waals surface area contributed by atoms with Crippen molar-refractivity contribution in [1.82, 2.24) is 19.9 Å². The topological polar surface area (TPSA) is 127 Å². The molecule has 2 aromatic heterocycles. The van der Waals surface area contributed by atoms with Crippen LogP contribution in [0.1, 0.15) is 24.2 Å². The Morgan fingerprint density at radius 3 is 2.24 bits per heavy atom. The maximum Gasteiger partial charge on any atom is 0.272 e. The van der Waals surface area contributed by atoms with E-state index >= 15 is 0 Å². The number of ether oxygens (including phenoxy) is 1. The van der Waals surface area contributed by atoms with Gasteiger partial charge in [-0.25, -0.2) is 4.98 Å². The van der Waals surface area contributed by atoms with E-state index in [1.54, 1.807) is 49.9 Å². The Bertz CT molecular complexity index is 1390. The number of rotatable bonds is 3. The van der Waals surface area contributed by atoms with Crippen LogP contribution in [0.25, 0.3) is 22.1 Å². The minimum absolute atomic E-state index is 0.190. The molecule has 0 aliphatic carbocycles. The summed E-state index contributed by atoms with van der Waals surface area (Å²) in [5.74, 6) is 0.700. The van der Waals surface area contributed by atoms with Crippen molar-refractivity contribution >= 4 is 43.6 Å². The maximum absolute atomic E-state index is 11.9. The molecule has 5 rings (SSSR count). The molecule has 1 aliphatic heterocycles. The summed E-state index contributed by atoms with van der Waals surface area (Å²) in [4.78, 5) is 17.6. The lowest BCUT2D eigenvalue weighted by atomic mass is 10.0. The first-order chi connectivity index (χ1) is 14.0. The molecular weight excluding hydrogens is 394 g/mol. The zero-order chi connectivity index (χ0) is 20.2. The van der Waals surface area contributed by atoms with Gasteiger partial charge in [-0.1, -0.05) is 19.1 Å². The minimum atomic E-state index is -4.31. The van der Waals surface area contributed by atoms with Crippen molar-refractivity contribution in [3.05, 3.63) is 48.5 Å². The Balaban J connectivity index is 1.80. The third-order valence-corrected chi connectivity index (χ3v) is 6.19. The van der Waals surface area contributed by atoms with Crippen molar-refractivity contribution < 1.29 is 17.7 Å². The second kappa shape index (κ2) is 6.33. The van der Waals surface area contributed by atoms with Crippen LogP contribution < -0.4 is 10.1 Å². The second-order valence-corrected chi connectivity index (χ2v) is 8.17. The van der Waals surface area contributed by atoms with Gasteiger partial charge in [0.2, 0.25) is 0 Å². The van der Waals surface area contributed by atoms with Crippen molar-refractivity contribution in [2.75, 3.05) is 5.32 Å². The fraction of sp³-hybridized carbons (Fsp3) is 0.158. The van der Waals surface area contributed by atoms with E-state index in [9.17, 15) is 13.0 Å². The van der Waals surface area contributed by atoms with Crippen LogP contribution in [-0.4, -0.2) is 32.9 Å². The number of anilines is 2. The molecule has 4 aromatic rings. The number of hydrogen-bond donors (Lipinski definition) is 2. The zero-order valence-electron chi connectivity index (χ0n) is 15.2. The Morgan fingerprint density at radius 2 is 1.59 bits per heavy atom. The number of nitrogens with one attached hydrogen (secondary N) is 1. The summed E-state index contributed by atoms with van der Waals surface area (Å²) in [5.41, 5.74) is 3.64. The van der Waals surface area contributed by atoms with E-state index in [0.29, 0.717) is 50.5 Å². The first-order valence-electron chi connectivity index (χ1n) is 8.90. The molecule has 9 nitrogen and oxygen atoms in total. The molecule has 0 spiro atoms. The van der Waals surface area contributed by atoms with Crippen molar-refractivity contribution in [1.29, 1.82) is 0 Å². The highest BCUT2D eigenvalue weighted by Gasteiger charge is 2.32. The van der Waals surface area contributed by atoms with Crippen LogP contribution in [0.3, 0.4) is 0 Å². The molecule has 0 amide bonds. The summed E-state index contributed by atoms with van der Waals surface area (Å²) >= 11 is 0. The maximum atomic E-state index is 11.9. The molecular formula is C19H15N5O4S. The van der Waals surface area contributed by atoms with Crippen LogP contribution in [0.5, 0.6) is 11.5 Å².